The molecule has 2 fully saturated rings. The van der Waals surface area contributed by atoms with Gasteiger partial charge in [0, 0.05) is 19.6 Å². The average Bonchev–Trinajstić information content (AvgIpc) is 2.53. The molecule has 0 bridgehead atoms. The molecule has 0 aromatic heterocycles. The molecular formula is C16H22O2. The predicted molar refractivity (Wildman–Crippen MR) is 71.6 cm³/mol. The van der Waals surface area contributed by atoms with E-state index in [1.807, 2.05) is 0 Å². The summed E-state index contributed by atoms with van der Waals surface area (Å²) >= 11 is 0. The Hall–Kier alpha value is -0.860. The Morgan fingerprint density at radius 1 is 1.06 bits per heavy atom. The third-order valence-corrected chi connectivity index (χ3v) is 4.55. The van der Waals surface area contributed by atoms with Crippen LogP contribution in [0.25, 0.3) is 0 Å². The van der Waals surface area contributed by atoms with Crippen molar-refractivity contribution >= 4 is 0 Å². The number of hydrogen-bond donors (Lipinski definition) is 1. The number of ether oxygens (including phenoxy) is 1. The first-order valence-electron chi connectivity index (χ1n) is 7.19. The molecule has 1 saturated heterocycles. The minimum absolute atomic E-state index is 0.664. The fraction of sp³-hybridized carbons (Fsp3) is 0.625. The maximum atomic E-state index is 11.0. The van der Waals surface area contributed by atoms with Crippen molar-refractivity contribution in [3.63, 3.8) is 0 Å². The molecule has 2 nitrogen and oxygen atoms in total. The van der Waals surface area contributed by atoms with E-state index in [4.69, 9.17) is 4.74 Å². The monoisotopic (exact) mass is 246 g/mol. The van der Waals surface area contributed by atoms with Crippen molar-refractivity contribution in [1.82, 2.24) is 0 Å². The predicted octanol–water partition coefficient (Wildman–Crippen LogP) is 3.34. The molecule has 0 amide bonds. The molecule has 1 aromatic carbocycles. The highest BCUT2D eigenvalue weighted by atomic mass is 16.5. The molecular weight excluding hydrogens is 224 g/mol. The van der Waals surface area contributed by atoms with Crippen LogP contribution in [0.2, 0.25) is 0 Å². The first-order valence-corrected chi connectivity index (χ1v) is 7.19. The molecule has 0 spiro atoms. The summed E-state index contributed by atoms with van der Waals surface area (Å²) in [5, 5.41) is 11.0. The van der Waals surface area contributed by atoms with E-state index in [0.717, 1.165) is 25.9 Å². The van der Waals surface area contributed by atoms with E-state index in [1.54, 1.807) is 0 Å². The van der Waals surface area contributed by atoms with Gasteiger partial charge in [-0.25, -0.2) is 0 Å². The minimum Gasteiger partial charge on any atom is -0.385 e. The van der Waals surface area contributed by atoms with Crippen molar-refractivity contribution in [2.45, 2.75) is 50.0 Å². The normalized spacial score (nSPS) is 29.6. The van der Waals surface area contributed by atoms with E-state index < -0.39 is 5.60 Å². The van der Waals surface area contributed by atoms with Gasteiger partial charge in [0.2, 0.25) is 0 Å². The molecule has 3 rings (SSSR count). The zero-order valence-electron chi connectivity index (χ0n) is 10.9. The lowest BCUT2D eigenvalue weighted by Gasteiger charge is -2.34. The smallest absolute Gasteiger partial charge is 0.0922 e. The molecule has 2 heteroatoms. The summed E-state index contributed by atoms with van der Waals surface area (Å²) in [6, 6.07) is 8.50. The molecule has 1 saturated carbocycles. The van der Waals surface area contributed by atoms with Gasteiger partial charge in [0.15, 0.2) is 0 Å². The maximum absolute atomic E-state index is 11.0. The highest BCUT2D eigenvalue weighted by Crippen LogP contribution is 2.43. The fourth-order valence-electron chi connectivity index (χ4n) is 3.20. The van der Waals surface area contributed by atoms with Gasteiger partial charge in [-0.3, -0.25) is 0 Å². The van der Waals surface area contributed by atoms with Gasteiger partial charge in [0.1, 0.15) is 0 Å². The van der Waals surface area contributed by atoms with E-state index in [-0.39, 0.29) is 0 Å². The summed E-state index contributed by atoms with van der Waals surface area (Å²) in [5.74, 6) is 0.675. The average molecular weight is 246 g/mol. The molecule has 1 unspecified atom stereocenters. The summed E-state index contributed by atoms with van der Waals surface area (Å²) in [4.78, 5) is 0. The Labute approximate surface area is 109 Å². The third-order valence-electron chi connectivity index (χ3n) is 4.55. The van der Waals surface area contributed by atoms with Crippen LogP contribution in [0.3, 0.4) is 0 Å². The zero-order chi connectivity index (χ0) is 12.4. The van der Waals surface area contributed by atoms with Gasteiger partial charge >= 0.3 is 0 Å². The van der Waals surface area contributed by atoms with Gasteiger partial charge in [-0.1, -0.05) is 30.7 Å². The van der Waals surface area contributed by atoms with Crippen molar-refractivity contribution in [3.8, 4) is 0 Å². The Kier molecular flexibility index (Phi) is 3.40. The van der Waals surface area contributed by atoms with Crippen LogP contribution < -0.4 is 0 Å². The summed E-state index contributed by atoms with van der Waals surface area (Å²) < 4.78 is 5.49. The largest absolute Gasteiger partial charge is 0.385 e. The molecule has 1 N–H and O–H groups in total. The van der Waals surface area contributed by atoms with Crippen molar-refractivity contribution in [2.75, 3.05) is 13.2 Å². The summed E-state index contributed by atoms with van der Waals surface area (Å²) in [5.41, 5.74) is 1.89. The first-order chi connectivity index (χ1) is 8.80. The van der Waals surface area contributed by atoms with Gasteiger partial charge in [0.25, 0.3) is 0 Å². The first kappa shape index (κ1) is 12.2. The van der Waals surface area contributed by atoms with Crippen molar-refractivity contribution in [3.05, 3.63) is 35.4 Å². The number of benzene rings is 1. The van der Waals surface area contributed by atoms with Gasteiger partial charge in [-0.05, 0) is 42.7 Å². The van der Waals surface area contributed by atoms with Crippen molar-refractivity contribution in [1.29, 1.82) is 0 Å². The SMILES string of the molecule is OC1(c2ccccc2C2CCC2)CCCOCC1. The topological polar surface area (TPSA) is 29.5 Å². The van der Waals surface area contributed by atoms with Gasteiger partial charge < -0.3 is 9.84 Å². The molecule has 98 valence electrons. The Balaban J connectivity index is 1.93. The van der Waals surface area contributed by atoms with E-state index in [9.17, 15) is 5.11 Å². The lowest BCUT2D eigenvalue weighted by Crippen LogP contribution is -2.29. The third kappa shape index (κ3) is 2.19. The van der Waals surface area contributed by atoms with Crippen LogP contribution in [-0.2, 0) is 10.3 Å². The lowest BCUT2D eigenvalue weighted by atomic mass is 9.73. The van der Waals surface area contributed by atoms with Crippen LogP contribution >= 0.6 is 0 Å². The van der Waals surface area contributed by atoms with Gasteiger partial charge in [-0.15, -0.1) is 0 Å². The van der Waals surface area contributed by atoms with E-state index >= 15 is 0 Å². The minimum atomic E-state index is -0.664. The Morgan fingerprint density at radius 3 is 2.67 bits per heavy atom. The van der Waals surface area contributed by atoms with Crippen LogP contribution in [0.4, 0.5) is 0 Å². The molecule has 0 radical (unpaired) electrons. The summed E-state index contributed by atoms with van der Waals surface area (Å²) in [7, 11) is 0. The fourth-order valence-corrected chi connectivity index (χ4v) is 3.20. The molecule has 1 aliphatic carbocycles. The van der Waals surface area contributed by atoms with E-state index in [2.05, 4.69) is 24.3 Å². The summed E-state index contributed by atoms with van der Waals surface area (Å²) in [6.07, 6.45) is 6.41. The zero-order valence-corrected chi connectivity index (χ0v) is 10.9. The van der Waals surface area contributed by atoms with Crippen LogP contribution in [0.5, 0.6) is 0 Å². The molecule has 1 heterocycles. The Morgan fingerprint density at radius 2 is 1.89 bits per heavy atom. The van der Waals surface area contributed by atoms with Crippen molar-refractivity contribution < 1.29 is 9.84 Å². The highest BCUT2D eigenvalue weighted by molar-refractivity contribution is 5.36. The standard InChI is InChI=1S/C16H22O2/c17-16(9-4-11-18-12-10-16)15-8-2-1-7-14(15)13-5-3-6-13/h1-2,7-8,13,17H,3-6,9-12H2. The maximum Gasteiger partial charge on any atom is 0.0922 e. The quantitative estimate of drug-likeness (QED) is 0.867. The van der Waals surface area contributed by atoms with Crippen LogP contribution in [-0.4, -0.2) is 18.3 Å². The molecule has 1 aromatic rings. The second-order valence-corrected chi connectivity index (χ2v) is 5.71. The highest BCUT2D eigenvalue weighted by Gasteiger charge is 2.34. The second-order valence-electron chi connectivity index (χ2n) is 5.71. The van der Waals surface area contributed by atoms with Crippen LogP contribution in [0, 0.1) is 0 Å². The molecule has 2 aliphatic rings. The van der Waals surface area contributed by atoms with Crippen molar-refractivity contribution in [2.24, 2.45) is 0 Å². The second kappa shape index (κ2) is 5.02. The summed E-state index contributed by atoms with van der Waals surface area (Å²) in [6.45, 7) is 1.46. The van der Waals surface area contributed by atoms with E-state index in [0.29, 0.717) is 12.5 Å². The van der Waals surface area contributed by atoms with E-state index in [1.165, 1.54) is 30.4 Å². The van der Waals surface area contributed by atoms with Crippen LogP contribution in [0.1, 0.15) is 55.6 Å². The number of aliphatic hydroxyl groups is 1. The number of hydrogen-bond acceptors (Lipinski definition) is 2. The molecule has 18 heavy (non-hydrogen) atoms. The molecule has 1 aliphatic heterocycles. The lowest BCUT2D eigenvalue weighted by molar-refractivity contribution is 0.0129. The number of rotatable bonds is 2. The molecule has 1 atom stereocenters. The van der Waals surface area contributed by atoms with Crippen LogP contribution in [0.15, 0.2) is 24.3 Å². The Bertz CT molecular complexity index is 401. The van der Waals surface area contributed by atoms with Gasteiger partial charge in [-0.2, -0.15) is 0 Å². The van der Waals surface area contributed by atoms with Gasteiger partial charge in [0.05, 0.1) is 5.60 Å².